The molecule has 0 atom stereocenters. The van der Waals surface area contributed by atoms with Gasteiger partial charge in [-0.15, -0.1) is 0 Å². The number of hydrogen-bond donors (Lipinski definition) is 0. The molecule has 2 aromatic heterocycles. The molecule has 2 aromatic rings. The zero-order chi connectivity index (χ0) is 16.8. The molecule has 0 N–H and O–H groups in total. The molecule has 1 aliphatic carbocycles. The Kier molecular flexibility index (Phi) is 3.95. The van der Waals surface area contributed by atoms with E-state index in [4.69, 9.17) is 0 Å². The lowest BCUT2D eigenvalue weighted by atomic mass is 10.3. The van der Waals surface area contributed by atoms with E-state index in [1.165, 1.54) is 22.5 Å². The molecule has 1 fully saturated rings. The third-order valence-electron chi connectivity index (χ3n) is 3.63. The second-order valence-electron chi connectivity index (χ2n) is 5.51. The Morgan fingerprint density at radius 2 is 2.00 bits per heavy atom. The van der Waals surface area contributed by atoms with E-state index in [-0.39, 0.29) is 11.8 Å². The van der Waals surface area contributed by atoms with Crippen LogP contribution in [-0.2, 0) is 6.18 Å². The van der Waals surface area contributed by atoms with Gasteiger partial charge in [-0.25, -0.2) is 9.67 Å². The second-order valence-corrected chi connectivity index (χ2v) is 6.54. The summed E-state index contributed by atoms with van der Waals surface area (Å²) < 4.78 is 39.1. The van der Waals surface area contributed by atoms with Gasteiger partial charge in [-0.2, -0.15) is 18.3 Å². The van der Waals surface area contributed by atoms with E-state index < -0.39 is 11.7 Å². The Hall–Kier alpha value is -1.83. The van der Waals surface area contributed by atoms with Crippen LogP contribution in [0.25, 0.3) is 0 Å². The number of pyridine rings is 1. The minimum atomic E-state index is -4.40. The van der Waals surface area contributed by atoms with E-state index in [0.717, 1.165) is 30.0 Å². The Morgan fingerprint density at radius 1 is 1.30 bits per heavy atom. The third-order valence-corrected chi connectivity index (χ3v) is 4.88. The zero-order valence-electron chi connectivity index (χ0n) is 12.5. The van der Waals surface area contributed by atoms with Crippen molar-refractivity contribution in [2.45, 2.75) is 42.8 Å². The first-order valence-electron chi connectivity index (χ1n) is 7.09. The van der Waals surface area contributed by atoms with Gasteiger partial charge in [0.1, 0.15) is 5.03 Å². The van der Waals surface area contributed by atoms with E-state index in [2.05, 4.69) is 10.1 Å². The van der Waals surface area contributed by atoms with Crippen LogP contribution < -0.4 is 0 Å². The quantitative estimate of drug-likeness (QED) is 0.843. The van der Waals surface area contributed by atoms with Crippen LogP contribution in [0.15, 0.2) is 28.3 Å². The topological polar surface area (TPSA) is 47.8 Å². The summed E-state index contributed by atoms with van der Waals surface area (Å²) in [6, 6.07) is 2.33. The lowest BCUT2D eigenvalue weighted by Crippen LogP contribution is -2.15. The van der Waals surface area contributed by atoms with Crippen LogP contribution in [0.1, 0.15) is 34.6 Å². The number of hydrogen-bond acceptors (Lipinski definition) is 4. The van der Waals surface area contributed by atoms with Gasteiger partial charge in [0.15, 0.2) is 0 Å². The fourth-order valence-electron chi connectivity index (χ4n) is 2.21. The molecule has 0 bridgehead atoms. The van der Waals surface area contributed by atoms with Gasteiger partial charge in [-0.05, 0) is 38.8 Å². The molecule has 0 radical (unpaired) electrons. The number of halogens is 3. The lowest BCUT2D eigenvalue weighted by molar-refractivity contribution is -0.137. The summed E-state index contributed by atoms with van der Waals surface area (Å²) in [4.78, 5) is 16.8. The summed E-state index contributed by atoms with van der Waals surface area (Å²) in [5, 5.41) is 4.70. The van der Waals surface area contributed by atoms with Crippen molar-refractivity contribution in [1.82, 2.24) is 14.8 Å². The fraction of sp³-hybridized carbons (Fsp3) is 0.400. The third kappa shape index (κ3) is 3.26. The lowest BCUT2D eigenvalue weighted by Gasteiger charge is -2.07. The largest absolute Gasteiger partial charge is 0.417 e. The van der Waals surface area contributed by atoms with Crippen LogP contribution in [0.3, 0.4) is 0 Å². The van der Waals surface area contributed by atoms with Gasteiger partial charge in [-0.3, -0.25) is 4.79 Å². The monoisotopic (exact) mass is 341 g/mol. The van der Waals surface area contributed by atoms with E-state index >= 15 is 0 Å². The summed E-state index contributed by atoms with van der Waals surface area (Å²) in [6.07, 6.45) is -1.81. The van der Waals surface area contributed by atoms with Crippen LogP contribution in [0, 0.1) is 19.8 Å². The average Bonchev–Trinajstić information content (AvgIpc) is 3.29. The Balaban J connectivity index is 1.84. The molecular weight excluding hydrogens is 327 g/mol. The average molecular weight is 341 g/mol. The standard InChI is InChI=1S/C15H14F3N3OS/c1-8-13(9(2)21(20-8)14(22)10-3-4-10)23-12-6-5-11(7-19-12)15(16,17)18/h5-7,10H,3-4H2,1-2H3. The number of alkyl halides is 3. The predicted octanol–water partition coefficient (Wildman–Crippen LogP) is 4.12. The Bertz CT molecular complexity index is 749. The molecule has 1 aliphatic rings. The molecule has 0 amide bonds. The fourth-order valence-corrected chi connectivity index (χ4v) is 3.08. The summed E-state index contributed by atoms with van der Waals surface area (Å²) in [7, 11) is 0. The summed E-state index contributed by atoms with van der Waals surface area (Å²) in [5.74, 6) is 0.0351. The van der Waals surface area contributed by atoms with Crippen molar-refractivity contribution in [3.05, 3.63) is 35.3 Å². The molecule has 122 valence electrons. The van der Waals surface area contributed by atoms with Crippen LogP contribution in [0.4, 0.5) is 13.2 Å². The van der Waals surface area contributed by atoms with Crippen molar-refractivity contribution < 1.29 is 18.0 Å². The van der Waals surface area contributed by atoms with Gasteiger partial charge in [0.25, 0.3) is 0 Å². The Labute approximate surface area is 135 Å². The van der Waals surface area contributed by atoms with Crippen molar-refractivity contribution in [3.8, 4) is 0 Å². The normalized spacial score (nSPS) is 15.0. The van der Waals surface area contributed by atoms with Crippen molar-refractivity contribution in [2.24, 2.45) is 5.92 Å². The highest BCUT2D eigenvalue weighted by atomic mass is 32.2. The van der Waals surface area contributed by atoms with Gasteiger partial charge in [0.05, 0.1) is 21.8 Å². The van der Waals surface area contributed by atoms with E-state index in [9.17, 15) is 18.0 Å². The first-order chi connectivity index (χ1) is 10.8. The molecule has 1 saturated carbocycles. The number of carbonyl (C=O) groups is 1. The van der Waals surface area contributed by atoms with E-state index in [1.54, 1.807) is 13.8 Å². The maximum atomic E-state index is 12.6. The van der Waals surface area contributed by atoms with Crippen molar-refractivity contribution in [1.29, 1.82) is 0 Å². The molecular formula is C15H14F3N3OS. The van der Waals surface area contributed by atoms with E-state index in [1.807, 2.05) is 0 Å². The molecule has 0 aromatic carbocycles. The molecule has 0 unspecified atom stereocenters. The van der Waals surface area contributed by atoms with Gasteiger partial charge < -0.3 is 0 Å². The SMILES string of the molecule is Cc1nn(C(=O)C2CC2)c(C)c1Sc1ccc(C(F)(F)F)cn1. The molecule has 0 spiro atoms. The summed E-state index contributed by atoms with van der Waals surface area (Å²) >= 11 is 1.22. The van der Waals surface area contributed by atoms with Crippen LogP contribution >= 0.6 is 11.8 Å². The molecule has 0 aliphatic heterocycles. The zero-order valence-corrected chi connectivity index (χ0v) is 13.3. The van der Waals surface area contributed by atoms with Gasteiger partial charge in [0, 0.05) is 12.1 Å². The highest BCUT2D eigenvalue weighted by Gasteiger charge is 2.33. The van der Waals surface area contributed by atoms with Crippen LogP contribution in [0.2, 0.25) is 0 Å². The highest BCUT2D eigenvalue weighted by Crippen LogP contribution is 2.36. The smallest absolute Gasteiger partial charge is 0.272 e. The van der Waals surface area contributed by atoms with Crippen LogP contribution in [-0.4, -0.2) is 20.7 Å². The van der Waals surface area contributed by atoms with Crippen LogP contribution in [0.5, 0.6) is 0 Å². The molecule has 8 heteroatoms. The summed E-state index contributed by atoms with van der Waals surface area (Å²) in [6.45, 7) is 3.56. The molecule has 23 heavy (non-hydrogen) atoms. The van der Waals surface area contributed by atoms with Crippen molar-refractivity contribution in [2.75, 3.05) is 0 Å². The predicted molar refractivity (Wildman–Crippen MR) is 78.4 cm³/mol. The number of rotatable bonds is 3. The molecule has 3 rings (SSSR count). The summed E-state index contributed by atoms with van der Waals surface area (Å²) in [5.41, 5.74) is 0.587. The minimum absolute atomic E-state index is 0.0159. The second kappa shape index (κ2) is 5.67. The maximum Gasteiger partial charge on any atom is 0.417 e. The van der Waals surface area contributed by atoms with Gasteiger partial charge in [-0.1, -0.05) is 11.8 Å². The number of nitrogens with zero attached hydrogens (tertiary/aromatic N) is 3. The first-order valence-corrected chi connectivity index (χ1v) is 7.90. The highest BCUT2D eigenvalue weighted by molar-refractivity contribution is 7.99. The Morgan fingerprint density at radius 3 is 2.52 bits per heavy atom. The van der Waals surface area contributed by atoms with Gasteiger partial charge >= 0.3 is 6.18 Å². The number of aromatic nitrogens is 3. The molecule has 4 nitrogen and oxygen atoms in total. The first kappa shape index (κ1) is 16.0. The van der Waals surface area contributed by atoms with Crippen molar-refractivity contribution in [3.63, 3.8) is 0 Å². The molecule has 0 saturated heterocycles. The minimum Gasteiger partial charge on any atom is -0.272 e. The van der Waals surface area contributed by atoms with E-state index in [0.29, 0.717) is 16.4 Å². The number of carbonyl (C=O) groups excluding carboxylic acids is 1. The molecule has 2 heterocycles. The maximum absolute atomic E-state index is 12.6. The number of aryl methyl sites for hydroxylation is 1. The van der Waals surface area contributed by atoms with Crippen molar-refractivity contribution >= 4 is 17.7 Å². The van der Waals surface area contributed by atoms with Gasteiger partial charge in [0.2, 0.25) is 5.91 Å².